The summed E-state index contributed by atoms with van der Waals surface area (Å²) >= 11 is 0. The Bertz CT molecular complexity index is 455. The lowest BCUT2D eigenvalue weighted by molar-refractivity contribution is -0.137. The molecular formula is C14H18FNO2. The zero-order valence-electron chi connectivity index (χ0n) is 10.7. The largest absolute Gasteiger partial charge is 0.481 e. The fraction of sp³-hybridized carbons (Fsp3) is 0.500. The number of anilines is 1. The Balaban J connectivity index is 2.29. The van der Waals surface area contributed by atoms with E-state index in [0.717, 1.165) is 18.4 Å². The molecule has 98 valence electrons. The molecule has 1 aliphatic rings. The van der Waals surface area contributed by atoms with Crippen LogP contribution in [-0.4, -0.2) is 25.2 Å². The Morgan fingerprint density at radius 3 is 2.67 bits per heavy atom. The van der Waals surface area contributed by atoms with Crippen molar-refractivity contribution < 1.29 is 14.3 Å². The minimum absolute atomic E-state index is 0.0156. The first-order valence-corrected chi connectivity index (χ1v) is 6.17. The maximum Gasteiger partial charge on any atom is 0.303 e. The zero-order chi connectivity index (χ0) is 13.3. The van der Waals surface area contributed by atoms with Crippen LogP contribution < -0.4 is 4.90 Å². The number of benzene rings is 1. The van der Waals surface area contributed by atoms with Gasteiger partial charge in [0.05, 0.1) is 12.1 Å². The van der Waals surface area contributed by atoms with E-state index in [4.69, 9.17) is 5.11 Å². The molecule has 0 spiro atoms. The third kappa shape index (κ3) is 2.81. The Labute approximate surface area is 106 Å². The molecule has 0 saturated heterocycles. The molecular weight excluding hydrogens is 233 g/mol. The summed E-state index contributed by atoms with van der Waals surface area (Å²) in [6.07, 6.45) is 2.28. The molecule has 1 aromatic carbocycles. The van der Waals surface area contributed by atoms with E-state index in [2.05, 4.69) is 0 Å². The lowest BCUT2D eigenvalue weighted by Gasteiger charge is -2.19. The van der Waals surface area contributed by atoms with E-state index in [1.807, 2.05) is 0 Å². The third-order valence-electron chi connectivity index (χ3n) is 3.47. The van der Waals surface area contributed by atoms with Crippen molar-refractivity contribution in [2.45, 2.75) is 25.2 Å². The monoisotopic (exact) mass is 251 g/mol. The van der Waals surface area contributed by atoms with E-state index < -0.39 is 5.97 Å². The minimum atomic E-state index is -0.789. The van der Waals surface area contributed by atoms with Crippen LogP contribution in [0.25, 0.3) is 0 Å². The fourth-order valence-electron chi connectivity index (χ4n) is 2.35. The molecule has 2 rings (SSSR count). The molecule has 1 N–H and O–H groups in total. The van der Waals surface area contributed by atoms with Gasteiger partial charge in [0.25, 0.3) is 0 Å². The molecule has 3 nitrogen and oxygen atoms in total. The number of hydrogen-bond donors (Lipinski definition) is 1. The molecule has 0 bridgehead atoms. The Kier molecular flexibility index (Phi) is 3.55. The van der Waals surface area contributed by atoms with Crippen LogP contribution in [0.4, 0.5) is 10.1 Å². The number of carboxylic acid groups (broad SMARTS) is 1. The number of carbonyl (C=O) groups is 1. The molecule has 0 amide bonds. The maximum absolute atomic E-state index is 13.6. The number of aliphatic carboxylic acids is 1. The van der Waals surface area contributed by atoms with Gasteiger partial charge in [-0.2, -0.15) is 0 Å². The predicted octanol–water partition coefficient (Wildman–Crippen LogP) is 2.86. The highest BCUT2D eigenvalue weighted by Gasteiger charge is 2.34. The lowest BCUT2D eigenvalue weighted by Crippen LogP contribution is -2.13. The van der Waals surface area contributed by atoms with Gasteiger partial charge in [0.15, 0.2) is 0 Å². The highest BCUT2D eigenvalue weighted by Crippen LogP contribution is 2.45. The van der Waals surface area contributed by atoms with Gasteiger partial charge in [-0.05, 0) is 42.4 Å². The number of carboxylic acids is 1. The summed E-state index contributed by atoms with van der Waals surface area (Å²) in [5.41, 5.74) is 1.45. The second-order valence-electron chi connectivity index (χ2n) is 5.15. The van der Waals surface area contributed by atoms with Gasteiger partial charge in [-0.3, -0.25) is 4.79 Å². The summed E-state index contributed by atoms with van der Waals surface area (Å²) in [5.74, 6) is -0.598. The first kappa shape index (κ1) is 12.9. The quantitative estimate of drug-likeness (QED) is 0.874. The van der Waals surface area contributed by atoms with E-state index >= 15 is 0 Å². The highest BCUT2D eigenvalue weighted by molar-refractivity contribution is 5.68. The number of halogens is 1. The van der Waals surface area contributed by atoms with E-state index in [0.29, 0.717) is 11.6 Å². The van der Waals surface area contributed by atoms with Crippen molar-refractivity contribution in [1.29, 1.82) is 0 Å². The molecule has 1 aliphatic carbocycles. The summed E-state index contributed by atoms with van der Waals surface area (Å²) in [4.78, 5) is 12.6. The van der Waals surface area contributed by atoms with Crippen molar-refractivity contribution in [3.05, 3.63) is 29.6 Å². The molecule has 1 unspecified atom stereocenters. The number of rotatable bonds is 5. The zero-order valence-corrected chi connectivity index (χ0v) is 10.7. The molecule has 4 heteroatoms. The molecule has 1 atom stereocenters. The fourth-order valence-corrected chi connectivity index (χ4v) is 2.35. The normalized spacial score (nSPS) is 16.4. The van der Waals surface area contributed by atoms with Crippen LogP contribution in [0, 0.1) is 11.7 Å². The van der Waals surface area contributed by atoms with Crippen molar-refractivity contribution in [1.82, 2.24) is 0 Å². The van der Waals surface area contributed by atoms with Crippen molar-refractivity contribution in [3.8, 4) is 0 Å². The highest BCUT2D eigenvalue weighted by atomic mass is 19.1. The van der Waals surface area contributed by atoms with Crippen LogP contribution >= 0.6 is 0 Å². The summed E-state index contributed by atoms with van der Waals surface area (Å²) in [6.45, 7) is 0. The minimum Gasteiger partial charge on any atom is -0.481 e. The van der Waals surface area contributed by atoms with Gasteiger partial charge in [0.2, 0.25) is 0 Å². The number of hydrogen-bond acceptors (Lipinski definition) is 2. The Hall–Kier alpha value is -1.58. The van der Waals surface area contributed by atoms with Gasteiger partial charge < -0.3 is 10.0 Å². The van der Waals surface area contributed by atoms with Gasteiger partial charge in [0.1, 0.15) is 5.82 Å². The summed E-state index contributed by atoms with van der Waals surface area (Å²) < 4.78 is 13.6. The molecule has 0 aliphatic heterocycles. The number of nitrogens with zero attached hydrogens (tertiary/aromatic N) is 1. The van der Waals surface area contributed by atoms with Crippen LogP contribution in [0.5, 0.6) is 0 Å². The van der Waals surface area contributed by atoms with Crippen molar-refractivity contribution in [2.24, 2.45) is 5.92 Å². The van der Waals surface area contributed by atoms with Crippen LogP contribution in [-0.2, 0) is 4.79 Å². The van der Waals surface area contributed by atoms with E-state index in [1.165, 1.54) is 6.07 Å². The van der Waals surface area contributed by atoms with Gasteiger partial charge in [0, 0.05) is 14.1 Å². The molecule has 1 aromatic rings. The van der Waals surface area contributed by atoms with E-state index in [-0.39, 0.29) is 18.2 Å². The molecule has 1 saturated carbocycles. The van der Waals surface area contributed by atoms with Gasteiger partial charge in [-0.15, -0.1) is 0 Å². The summed E-state index contributed by atoms with van der Waals surface area (Å²) in [6, 6.07) is 4.93. The van der Waals surface area contributed by atoms with Gasteiger partial charge in [-0.25, -0.2) is 4.39 Å². The van der Waals surface area contributed by atoms with Crippen molar-refractivity contribution in [3.63, 3.8) is 0 Å². The molecule has 18 heavy (non-hydrogen) atoms. The topological polar surface area (TPSA) is 40.5 Å². The molecule has 0 heterocycles. The second-order valence-corrected chi connectivity index (χ2v) is 5.15. The van der Waals surface area contributed by atoms with Gasteiger partial charge in [-0.1, -0.05) is 6.07 Å². The Morgan fingerprint density at radius 1 is 1.50 bits per heavy atom. The maximum atomic E-state index is 13.6. The first-order valence-electron chi connectivity index (χ1n) is 6.17. The molecule has 1 fully saturated rings. The average molecular weight is 251 g/mol. The smallest absolute Gasteiger partial charge is 0.303 e. The average Bonchev–Trinajstić information content (AvgIpc) is 3.10. The summed E-state index contributed by atoms with van der Waals surface area (Å²) in [5, 5.41) is 8.97. The predicted molar refractivity (Wildman–Crippen MR) is 68.4 cm³/mol. The third-order valence-corrected chi connectivity index (χ3v) is 3.47. The van der Waals surface area contributed by atoms with E-state index in [9.17, 15) is 9.18 Å². The standard InChI is InChI=1S/C14H18FNO2/c1-16(2)13-7-10(5-6-12(13)15)11(8-14(17)18)9-3-4-9/h5-7,9,11H,3-4,8H2,1-2H3,(H,17,18). The van der Waals surface area contributed by atoms with Gasteiger partial charge >= 0.3 is 5.97 Å². The van der Waals surface area contributed by atoms with E-state index in [1.54, 1.807) is 31.1 Å². The van der Waals surface area contributed by atoms with Crippen LogP contribution in [0.1, 0.15) is 30.7 Å². The molecule has 0 radical (unpaired) electrons. The second kappa shape index (κ2) is 4.96. The lowest BCUT2D eigenvalue weighted by atomic mass is 9.90. The van der Waals surface area contributed by atoms with Crippen LogP contribution in [0.15, 0.2) is 18.2 Å². The molecule has 0 aromatic heterocycles. The van der Waals surface area contributed by atoms with Crippen molar-refractivity contribution >= 4 is 11.7 Å². The first-order chi connectivity index (χ1) is 8.49. The van der Waals surface area contributed by atoms with Crippen LogP contribution in [0.3, 0.4) is 0 Å². The van der Waals surface area contributed by atoms with Crippen molar-refractivity contribution in [2.75, 3.05) is 19.0 Å². The van der Waals surface area contributed by atoms with Crippen LogP contribution in [0.2, 0.25) is 0 Å². The Morgan fingerprint density at radius 2 is 2.17 bits per heavy atom. The summed E-state index contributed by atoms with van der Waals surface area (Å²) in [7, 11) is 3.57. The SMILES string of the molecule is CN(C)c1cc(C(CC(=O)O)C2CC2)ccc1F.